The second-order valence-corrected chi connectivity index (χ2v) is 14.6. The third-order valence-electron chi connectivity index (χ3n) is 8.19. The van der Waals surface area contributed by atoms with Crippen LogP contribution in [0.4, 0.5) is 20.3 Å². The number of hydrogen-bond acceptors (Lipinski definition) is 8. The summed E-state index contributed by atoms with van der Waals surface area (Å²) in [7, 11) is 4.93. The minimum Gasteiger partial charge on any atom is -0.611 e. The monoisotopic (exact) mass is 775 g/mol. The van der Waals surface area contributed by atoms with Crippen molar-refractivity contribution in [3.8, 4) is 5.75 Å². The maximum atomic E-state index is 13.4. The van der Waals surface area contributed by atoms with Gasteiger partial charge < -0.3 is 18.9 Å². The minimum absolute atomic E-state index is 0.0365. The van der Waals surface area contributed by atoms with Crippen molar-refractivity contribution in [1.82, 2.24) is 4.98 Å². The quantitative estimate of drug-likeness (QED) is 0.0451. The van der Waals surface area contributed by atoms with Crippen molar-refractivity contribution >= 4 is 63.0 Å². The van der Waals surface area contributed by atoms with Gasteiger partial charge in [-0.05, 0) is 102 Å². The van der Waals surface area contributed by atoms with Gasteiger partial charge in [-0.3, -0.25) is 14.5 Å². The molecule has 0 aliphatic heterocycles. The third kappa shape index (κ3) is 12.0. The first-order valence-electron chi connectivity index (χ1n) is 17.3. The molecule has 0 saturated heterocycles. The number of carbonyl (C=O) groups excluding carboxylic acids is 3. The Morgan fingerprint density at radius 1 is 0.833 bits per heavy atom. The van der Waals surface area contributed by atoms with Crippen molar-refractivity contribution in [2.45, 2.75) is 42.4 Å². The van der Waals surface area contributed by atoms with Gasteiger partial charge in [0.2, 0.25) is 11.8 Å². The highest BCUT2D eigenvalue weighted by Gasteiger charge is 2.18. The number of aromatic nitrogens is 1. The highest BCUT2D eigenvalue weighted by molar-refractivity contribution is 7.99. The first-order chi connectivity index (χ1) is 26.0. The number of carbonyl (C=O) groups is 3. The third-order valence-corrected chi connectivity index (χ3v) is 10.8. The highest BCUT2D eigenvalue weighted by Crippen LogP contribution is 2.27. The number of fused-ring (bicyclic) bond motifs is 1. The zero-order chi connectivity index (χ0) is 39.0. The lowest BCUT2D eigenvalue weighted by Gasteiger charge is -2.18. The van der Waals surface area contributed by atoms with E-state index in [0.717, 1.165) is 27.5 Å². The van der Waals surface area contributed by atoms with E-state index in [9.17, 15) is 27.7 Å². The number of methoxy groups -OCH3 is 1. The van der Waals surface area contributed by atoms with Gasteiger partial charge in [0, 0.05) is 55.5 Å². The number of anilines is 2. The number of hydrogen-bond donors (Lipinski definition) is 0. The smallest absolute Gasteiger partial charge is 0.339 e. The molecule has 1 unspecified atom stereocenters. The molecule has 1 heterocycles. The van der Waals surface area contributed by atoms with Crippen molar-refractivity contribution < 1.29 is 37.2 Å². The lowest BCUT2D eigenvalue weighted by molar-refractivity contribution is -0.119. The largest absolute Gasteiger partial charge is 0.611 e. The standard InChI is InChI=1S/C21H22N2O3S.C20H21F2NO3S/c1-23(21-19-7-4-3-6-16(19)13-14-22-21)20(24)8-5-15-27(25)18-11-9-17(26-2)10-12-18;1-3-26-20(25)17-13-15(22)9-10-18(17)27-11-5-8-19(24)23(2)16-7-4-6-14(21)12-16/h3-4,6-7,9-14H,5,8,15H2,1-2H3;4,6-7,9-10,12-13H,3,5,8,11H2,1-2H3. The summed E-state index contributed by atoms with van der Waals surface area (Å²) >= 11 is 0.232. The van der Waals surface area contributed by atoms with Crippen molar-refractivity contribution in [2.75, 3.05) is 49.1 Å². The van der Waals surface area contributed by atoms with Crippen LogP contribution in [0.25, 0.3) is 10.8 Å². The number of esters is 1. The summed E-state index contributed by atoms with van der Waals surface area (Å²) in [4.78, 5) is 45.5. The van der Waals surface area contributed by atoms with Gasteiger partial charge in [-0.1, -0.05) is 30.3 Å². The van der Waals surface area contributed by atoms with Crippen LogP contribution in [0.3, 0.4) is 0 Å². The van der Waals surface area contributed by atoms with Gasteiger partial charge in [-0.15, -0.1) is 11.8 Å². The van der Waals surface area contributed by atoms with Gasteiger partial charge in [0.25, 0.3) is 0 Å². The Bertz CT molecular complexity index is 2010. The Morgan fingerprint density at radius 2 is 1.54 bits per heavy atom. The van der Waals surface area contributed by atoms with E-state index in [2.05, 4.69) is 4.98 Å². The Balaban J connectivity index is 0.000000241. The summed E-state index contributed by atoms with van der Waals surface area (Å²) in [5, 5.41) is 1.99. The molecule has 1 atom stereocenters. The summed E-state index contributed by atoms with van der Waals surface area (Å²) in [6, 6.07) is 26.8. The topological polar surface area (TPSA) is 112 Å². The van der Waals surface area contributed by atoms with Crippen LogP contribution in [0.1, 0.15) is 43.0 Å². The molecule has 1 aromatic heterocycles. The number of nitrogens with zero attached hydrogens (tertiary/aromatic N) is 3. The molecule has 13 heteroatoms. The number of ether oxygens (including phenoxy) is 2. The summed E-state index contributed by atoms with van der Waals surface area (Å²) < 4.78 is 49.1. The van der Waals surface area contributed by atoms with Crippen LogP contribution in [0, 0.1) is 11.6 Å². The average molecular weight is 776 g/mol. The molecule has 0 fully saturated rings. The van der Waals surface area contributed by atoms with E-state index in [-0.39, 0.29) is 30.4 Å². The normalized spacial score (nSPS) is 11.2. The van der Waals surface area contributed by atoms with Gasteiger partial charge in [-0.25, -0.2) is 18.6 Å². The summed E-state index contributed by atoms with van der Waals surface area (Å²) in [6.07, 6.45) is 3.41. The Kier molecular flexibility index (Phi) is 16.3. The summed E-state index contributed by atoms with van der Waals surface area (Å²) in [6.45, 7) is 1.89. The molecule has 0 aliphatic carbocycles. The van der Waals surface area contributed by atoms with E-state index in [1.165, 1.54) is 40.9 Å². The Morgan fingerprint density at radius 3 is 2.26 bits per heavy atom. The predicted molar refractivity (Wildman–Crippen MR) is 211 cm³/mol. The lowest BCUT2D eigenvalue weighted by atomic mass is 10.1. The molecule has 9 nitrogen and oxygen atoms in total. The number of rotatable bonds is 15. The van der Waals surface area contributed by atoms with Gasteiger partial charge >= 0.3 is 5.97 Å². The van der Waals surface area contributed by atoms with Crippen molar-refractivity contribution in [2.24, 2.45) is 0 Å². The molecule has 0 bridgehead atoms. The van der Waals surface area contributed by atoms with Crippen LogP contribution in [-0.2, 0) is 25.5 Å². The van der Waals surface area contributed by atoms with Crippen molar-refractivity contribution in [3.63, 3.8) is 0 Å². The zero-order valence-electron chi connectivity index (χ0n) is 30.6. The highest BCUT2D eigenvalue weighted by atomic mass is 32.2. The molecule has 0 aliphatic rings. The van der Waals surface area contributed by atoms with Gasteiger partial charge in [-0.2, -0.15) is 0 Å². The molecule has 2 amide bonds. The molecule has 284 valence electrons. The summed E-state index contributed by atoms with van der Waals surface area (Å²) in [5.74, 6) is 0.748. The lowest BCUT2D eigenvalue weighted by Crippen LogP contribution is -2.27. The zero-order valence-corrected chi connectivity index (χ0v) is 32.3. The Labute approximate surface area is 321 Å². The maximum absolute atomic E-state index is 13.4. The van der Waals surface area contributed by atoms with E-state index in [4.69, 9.17) is 9.47 Å². The van der Waals surface area contributed by atoms with E-state index >= 15 is 0 Å². The second kappa shape index (κ2) is 21.0. The molecule has 4 aromatic carbocycles. The molecular weight excluding hydrogens is 733 g/mol. The number of benzene rings is 4. The SMILES string of the molecule is CCOC(=O)c1cc(F)ccc1SCCCC(=O)N(C)c1cccc(F)c1.COc1ccc([S+]([O-])CCCC(=O)N(C)c2nccc3ccccc23)cc1. The number of thioether (sulfide) groups is 1. The fraction of sp³-hybridized carbons (Fsp3) is 0.268. The van der Waals surface area contributed by atoms with E-state index in [1.807, 2.05) is 30.3 Å². The molecule has 5 rings (SSSR count). The Hall–Kier alpha value is -4.98. The molecular formula is C41H43F2N3O6S2. The first-order valence-corrected chi connectivity index (χ1v) is 19.6. The van der Waals surface area contributed by atoms with Crippen LogP contribution in [0.5, 0.6) is 5.75 Å². The van der Waals surface area contributed by atoms with Crippen LogP contribution in [0.15, 0.2) is 113 Å². The molecule has 0 radical (unpaired) electrons. The van der Waals surface area contributed by atoms with Crippen molar-refractivity contribution in [1.29, 1.82) is 0 Å². The number of pyridine rings is 1. The van der Waals surface area contributed by atoms with Crippen LogP contribution >= 0.6 is 11.8 Å². The predicted octanol–water partition coefficient (Wildman–Crippen LogP) is 8.47. The molecule has 5 aromatic rings. The van der Waals surface area contributed by atoms with E-state index in [0.29, 0.717) is 47.2 Å². The fourth-order valence-corrected chi connectivity index (χ4v) is 7.31. The molecule has 0 spiro atoms. The van der Waals surface area contributed by atoms with Gasteiger partial charge in [0.15, 0.2) is 4.90 Å². The molecule has 0 saturated carbocycles. The second-order valence-electron chi connectivity index (χ2n) is 11.9. The van der Waals surface area contributed by atoms with E-state index < -0.39 is 28.8 Å². The first kappa shape index (κ1) is 41.8. The molecule has 54 heavy (non-hydrogen) atoms. The van der Waals surface area contributed by atoms with Crippen molar-refractivity contribution in [3.05, 3.63) is 120 Å². The van der Waals surface area contributed by atoms with Gasteiger partial charge in [0.05, 0.1) is 19.3 Å². The maximum Gasteiger partial charge on any atom is 0.339 e. The molecule has 0 N–H and O–H groups in total. The fourth-order valence-electron chi connectivity index (χ4n) is 5.26. The van der Waals surface area contributed by atoms with Gasteiger partial charge in [0.1, 0.15) is 29.0 Å². The average Bonchev–Trinajstić information content (AvgIpc) is 3.19. The number of amides is 2. The van der Waals surface area contributed by atoms with Crippen LogP contribution < -0.4 is 14.5 Å². The van der Waals surface area contributed by atoms with E-state index in [1.54, 1.807) is 75.6 Å². The van der Waals surface area contributed by atoms with Crippen LogP contribution in [-0.4, -0.2) is 66.6 Å². The minimum atomic E-state index is -1.13. The summed E-state index contributed by atoms with van der Waals surface area (Å²) in [5.41, 5.74) is 0.681. The number of halogens is 2. The van der Waals surface area contributed by atoms with Crippen LogP contribution in [0.2, 0.25) is 0 Å².